The van der Waals surface area contributed by atoms with E-state index in [9.17, 15) is 4.79 Å². The maximum atomic E-state index is 11.6. The maximum Gasteiger partial charge on any atom is 0.135 e. The van der Waals surface area contributed by atoms with E-state index >= 15 is 0 Å². The summed E-state index contributed by atoms with van der Waals surface area (Å²) in [4.78, 5) is 11.6. The van der Waals surface area contributed by atoms with Gasteiger partial charge in [0.05, 0.1) is 0 Å². The third kappa shape index (κ3) is 9.31. The lowest BCUT2D eigenvalue weighted by Crippen LogP contribution is -2.10. The van der Waals surface area contributed by atoms with Gasteiger partial charge in [0.25, 0.3) is 0 Å². The smallest absolute Gasteiger partial charge is 0.135 e. The second-order valence-corrected chi connectivity index (χ2v) is 7.29. The van der Waals surface area contributed by atoms with Crippen molar-refractivity contribution < 1.29 is 4.79 Å². The Morgan fingerprint density at radius 2 is 1.93 bits per heavy atom. The quantitative estimate of drug-likeness (QED) is 0.440. The summed E-state index contributed by atoms with van der Waals surface area (Å²) in [7, 11) is 3.80. The van der Waals surface area contributed by atoms with Gasteiger partial charge in [-0.1, -0.05) is 55.7 Å². The molecule has 1 unspecified atom stereocenters. The number of rotatable bonds is 9. The molecule has 3 heteroatoms. The molecule has 0 aliphatic heterocycles. The molecule has 90 valence electrons. The Kier molecular flexibility index (Phi) is 9.82. The van der Waals surface area contributed by atoms with Gasteiger partial charge in [-0.3, -0.25) is 4.79 Å². The van der Waals surface area contributed by atoms with Crippen LogP contribution in [0.2, 0.25) is 0 Å². The predicted octanol–water partition coefficient (Wildman–Crippen LogP) is 4.56. The van der Waals surface area contributed by atoms with E-state index in [2.05, 4.69) is 27.7 Å². The van der Waals surface area contributed by atoms with Gasteiger partial charge in [-0.15, -0.1) is 0 Å². The standard InChI is InChI=1S/C12H24OS2/c1-5-7-11(4)12(13)8-6-9-14-15-10(2)3/h10-11H,5-9H2,1-4H3. The van der Waals surface area contributed by atoms with Crippen molar-refractivity contribution in [2.75, 3.05) is 5.75 Å². The van der Waals surface area contributed by atoms with Crippen molar-refractivity contribution in [1.82, 2.24) is 0 Å². The Morgan fingerprint density at radius 3 is 2.47 bits per heavy atom. The summed E-state index contributed by atoms with van der Waals surface area (Å²) in [6, 6.07) is 0. The molecule has 0 bridgehead atoms. The highest BCUT2D eigenvalue weighted by Gasteiger charge is 2.10. The average molecular weight is 248 g/mol. The van der Waals surface area contributed by atoms with Gasteiger partial charge in [0, 0.05) is 23.3 Å². The van der Waals surface area contributed by atoms with Gasteiger partial charge in [0.15, 0.2) is 0 Å². The number of hydrogen-bond acceptors (Lipinski definition) is 3. The van der Waals surface area contributed by atoms with Crippen molar-refractivity contribution in [1.29, 1.82) is 0 Å². The first-order chi connectivity index (χ1) is 7.07. The molecular weight excluding hydrogens is 224 g/mol. The summed E-state index contributed by atoms with van der Waals surface area (Å²) in [6.45, 7) is 8.60. The van der Waals surface area contributed by atoms with Crippen LogP contribution in [0.1, 0.15) is 53.4 Å². The zero-order chi connectivity index (χ0) is 11.7. The molecule has 15 heavy (non-hydrogen) atoms. The van der Waals surface area contributed by atoms with Gasteiger partial charge >= 0.3 is 0 Å². The molecule has 0 rings (SSSR count). The monoisotopic (exact) mass is 248 g/mol. The fraction of sp³-hybridized carbons (Fsp3) is 0.917. The van der Waals surface area contributed by atoms with Gasteiger partial charge < -0.3 is 0 Å². The van der Waals surface area contributed by atoms with Crippen LogP contribution < -0.4 is 0 Å². The molecule has 1 atom stereocenters. The summed E-state index contributed by atoms with van der Waals surface area (Å²) in [5.41, 5.74) is 0. The van der Waals surface area contributed by atoms with Crippen LogP contribution in [0.15, 0.2) is 0 Å². The van der Waals surface area contributed by atoms with Crippen molar-refractivity contribution in [2.24, 2.45) is 5.92 Å². The third-order valence-electron chi connectivity index (χ3n) is 2.18. The second kappa shape index (κ2) is 9.59. The molecule has 0 heterocycles. The molecule has 0 radical (unpaired) electrons. The van der Waals surface area contributed by atoms with E-state index in [1.807, 2.05) is 21.6 Å². The van der Waals surface area contributed by atoms with E-state index in [-0.39, 0.29) is 5.92 Å². The first-order valence-corrected chi connectivity index (χ1v) is 8.27. The molecule has 0 aromatic heterocycles. The van der Waals surface area contributed by atoms with Gasteiger partial charge in [-0.2, -0.15) is 0 Å². The lowest BCUT2D eigenvalue weighted by molar-refractivity contribution is -0.122. The van der Waals surface area contributed by atoms with Crippen LogP contribution in [0.3, 0.4) is 0 Å². The van der Waals surface area contributed by atoms with Crippen LogP contribution in [0.5, 0.6) is 0 Å². The van der Waals surface area contributed by atoms with Crippen LogP contribution in [0.25, 0.3) is 0 Å². The topological polar surface area (TPSA) is 17.1 Å². The van der Waals surface area contributed by atoms with E-state index < -0.39 is 0 Å². The van der Waals surface area contributed by atoms with E-state index in [0.29, 0.717) is 11.0 Å². The van der Waals surface area contributed by atoms with E-state index in [0.717, 1.165) is 31.4 Å². The summed E-state index contributed by atoms with van der Waals surface area (Å²) in [6.07, 6.45) is 3.97. The van der Waals surface area contributed by atoms with Crippen molar-refractivity contribution >= 4 is 27.4 Å². The highest BCUT2D eigenvalue weighted by Crippen LogP contribution is 2.27. The number of hydrogen-bond donors (Lipinski definition) is 0. The maximum absolute atomic E-state index is 11.6. The average Bonchev–Trinajstić information content (AvgIpc) is 2.16. The Bertz CT molecular complexity index is 169. The Hall–Kier alpha value is 0.370. The van der Waals surface area contributed by atoms with Gasteiger partial charge in [-0.25, -0.2) is 0 Å². The third-order valence-corrected chi connectivity index (χ3v) is 5.22. The van der Waals surface area contributed by atoms with Crippen molar-refractivity contribution in [3.63, 3.8) is 0 Å². The number of carbonyl (C=O) groups is 1. The van der Waals surface area contributed by atoms with Crippen LogP contribution in [-0.2, 0) is 4.79 Å². The first kappa shape index (κ1) is 15.4. The normalized spacial score (nSPS) is 13.1. The highest BCUT2D eigenvalue weighted by atomic mass is 33.1. The largest absolute Gasteiger partial charge is 0.299 e. The molecule has 1 nitrogen and oxygen atoms in total. The van der Waals surface area contributed by atoms with Crippen LogP contribution in [-0.4, -0.2) is 16.8 Å². The summed E-state index contributed by atoms with van der Waals surface area (Å²) >= 11 is 0. The van der Waals surface area contributed by atoms with Crippen molar-refractivity contribution in [3.8, 4) is 0 Å². The minimum Gasteiger partial charge on any atom is -0.299 e. The zero-order valence-corrected chi connectivity index (χ0v) is 12.0. The molecule has 0 saturated heterocycles. The molecule has 0 amide bonds. The fourth-order valence-corrected chi connectivity index (χ4v) is 3.42. The van der Waals surface area contributed by atoms with E-state index in [1.54, 1.807) is 0 Å². The molecule has 0 aliphatic carbocycles. The van der Waals surface area contributed by atoms with Crippen molar-refractivity contribution in [3.05, 3.63) is 0 Å². The lowest BCUT2D eigenvalue weighted by atomic mass is 9.98. The SMILES string of the molecule is CCCC(C)C(=O)CCCSSC(C)C. The van der Waals surface area contributed by atoms with Gasteiger partial charge in [-0.05, 0) is 12.8 Å². The summed E-state index contributed by atoms with van der Waals surface area (Å²) in [5, 5.41) is 0.685. The minimum atomic E-state index is 0.276. The Balaban J connectivity index is 3.38. The molecule has 0 aromatic carbocycles. The molecule has 0 fully saturated rings. The predicted molar refractivity (Wildman–Crippen MR) is 73.5 cm³/mol. The van der Waals surface area contributed by atoms with Crippen LogP contribution >= 0.6 is 21.6 Å². The molecule has 0 aliphatic rings. The summed E-state index contributed by atoms with van der Waals surface area (Å²) in [5.74, 6) is 1.83. The van der Waals surface area contributed by atoms with Crippen LogP contribution in [0.4, 0.5) is 0 Å². The molecule has 0 aromatic rings. The van der Waals surface area contributed by atoms with Crippen LogP contribution in [0, 0.1) is 5.92 Å². The second-order valence-electron chi connectivity index (χ2n) is 4.23. The number of ketones is 1. The zero-order valence-electron chi connectivity index (χ0n) is 10.4. The minimum absolute atomic E-state index is 0.276. The first-order valence-electron chi connectivity index (χ1n) is 5.88. The highest BCUT2D eigenvalue weighted by molar-refractivity contribution is 8.76. The molecule has 0 saturated carbocycles. The van der Waals surface area contributed by atoms with E-state index in [1.165, 1.54) is 0 Å². The lowest BCUT2D eigenvalue weighted by Gasteiger charge is -2.08. The number of Topliss-reactive ketones (excluding diaryl/α,β-unsaturated/α-hetero) is 1. The van der Waals surface area contributed by atoms with Crippen molar-refractivity contribution in [2.45, 2.75) is 58.6 Å². The molecule has 0 N–H and O–H groups in total. The van der Waals surface area contributed by atoms with Gasteiger partial charge in [0.1, 0.15) is 5.78 Å². The summed E-state index contributed by atoms with van der Waals surface area (Å²) < 4.78 is 0. The van der Waals surface area contributed by atoms with Gasteiger partial charge in [0.2, 0.25) is 0 Å². The number of carbonyl (C=O) groups excluding carboxylic acids is 1. The Labute approximate surface area is 103 Å². The Morgan fingerprint density at radius 1 is 1.27 bits per heavy atom. The molecular formula is C12H24OS2. The molecule has 0 spiro atoms. The fourth-order valence-electron chi connectivity index (χ4n) is 1.33. The van der Waals surface area contributed by atoms with E-state index in [4.69, 9.17) is 0 Å².